The molecule has 1 aromatic heterocycles. The number of thiazole rings is 1. The Bertz CT molecular complexity index is 504. The minimum Gasteiger partial charge on any atom is -0.372 e. The van der Waals surface area contributed by atoms with Gasteiger partial charge in [-0.05, 0) is 39.2 Å². The molecule has 3 atom stereocenters. The first-order valence-electron chi connectivity index (χ1n) is 7.95. The van der Waals surface area contributed by atoms with E-state index in [1.165, 1.54) is 22.1 Å². The summed E-state index contributed by atoms with van der Waals surface area (Å²) in [5, 5.41) is 4.66. The molecule has 1 fully saturated rings. The van der Waals surface area contributed by atoms with E-state index >= 15 is 0 Å². The maximum Gasteiger partial charge on any atom is 0.186 e. The molecule has 1 aliphatic carbocycles. The second kappa shape index (κ2) is 5.52. The van der Waals surface area contributed by atoms with Crippen LogP contribution in [0.4, 0.5) is 5.13 Å². The highest BCUT2D eigenvalue weighted by molar-refractivity contribution is 7.15. The van der Waals surface area contributed by atoms with E-state index in [0.717, 1.165) is 19.5 Å². The van der Waals surface area contributed by atoms with Gasteiger partial charge >= 0.3 is 0 Å². The Morgan fingerprint density at radius 1 is 1.29 bits per heavy atom. The number of nitrogens with one attached hydrogen (secondary N) is 1. The SMILES string of the molecule is CNC1CC(C)(C)Cc2nc(N3CC(C)OC(C)C3)sc21. The van der Waals surface area contributed by atoms with Crippen LogP contribution in [0.3, 0.4) is 0 Å². The lowest BCUT2D eigenvalue weighted by molar-refractivity contribution is -0.00524. The van der Waals surface area contributed by atoms with Crippen molar-refractivity contribution in [3.63, 3.8) is 0 Å². The molecule has 1 aromatic rings. The van der Waals surface area contributed by atoms with E-state index in [9.17, 15) is 0 Å². The summed E-state index contributed by atoms with van der Waals surface area (Å²) in [5.41, 5.74) is 1.63. The molecule has 0 aromatic carbocycles. The average Bonchev–Trinajstić information content (AvgIpc) is 2.78. The van der Waals surface area contributed by atoms with Crippen LogP contribution in [-0.4, -0.2) is 37.3 Å². The van der Waals surface area contributed by atoms with E-state index in [1.54, 1.807) is 0 Å². The number of rotatable bonds is 2. The molecule has 0 amide bonds. The summed E-state index contributed by atoms with van der Waals surface area (Å²) < 4.78 is 5.84. The van der Waals surface area contributed by atoms with Gasteiger partial charge in [0.15, 0.2) is 5.13 Å². The monoisotopic (exact) mass is 309 g/mol. The summed E-state index contributed by atoms with van der Waals surface area (Å²) in [6.07, 6.45) is 2.85. The van der Waals surface area contributed by atoms with Crippen molar-refractivity contribution in [3.05, 3.63) is 10.6 Å². The Labute approximate surface area is 131 Å². The lowest BCUT2D eigenvalue weighted by atomic mass is 9.76. The molecule has 1 aliphatic heterocycles. The number of ether oxygens (including phenoxy) is 1. The maximum atomic E-state index is 5.84. The van der Waals surface area contributed by atoms with Crippen molar-refractivity contribution in [3.8, 4) is 0 Å². The summed E-state index contributed by atoms with van der Waals surface area (Å²) in [7, 11) is 2.06. The number of hydrogen-bond donors (Lipinski definition) is 1. The third-order valence-corrected chi connectivity index (χ3v) is 5.75. The minimum atomic E-state index is 0.284. The van der Waals surface area contributed by atoms with Crippen molar-refractivity contribution in [1.82, 2.24) is 10.3 Å². The highest BCUT2D eigenvalue weighted by Gasteiger charge is 2.35. The van der Waals surface area contributed by atoms with Crippen molar-refractivity contribution in [2.75, 3.05) is 25.0 Å². The Morgan fingerprint density at radius 2 is 1.95 bits per heavy atom. The van der Waals surface area contributed by atoms with Crippen molar-refractivity contribution < 1.29 is 4.74 Å². The second-order valence-corrected chi connectivity index (χ2v) is 8.37. The predicted molar refractivity (Wildman–Crippen MR) is 88.2 cm³/mol. The molecule has 1 saturated heterocycles. The van der Waals surface area contributed by atoms with Gasteiger partial charge in [-0.3, -0.25) is 0 Å². The Morgan fingerprint density at radius 3 is 2.57 bits per heavy atom. The summed E-state index contributed by atoms with van der Waals surface area (Å²) in [4.78, 5) is 8.83. The van der Waals surface area contributed by atoms with E-state index < -0.39 is 0 Å². The highest BCUT2D eigenvalue weighted by Crippen LogP contribution is 2.44. The number of nitrogens with zero attached hydrogens (tertiary/aromatic N) is 2. The number of aromatic nitrogens is 1. The van der Waals surface area contributed by atoms with Gasteiger partial charge in [0.05, 0.1) is 17.9 Å². The van der Waals surface area contributed by atoms with Crippen LogP contribution in [0.2, 0.25) is 0 Å². The summed E-state index contributed by atoms with van der Waals surface area (Å²) >= 11 is 1.88. The van der Waals surface area contributed by atoms with E-state index in [2.05, 4.69) is 45.0 Å². The Balaban J connectivity index is 1.88. The van der Waals surface area contributed by atoms with Crippen molar-refractivity contribution in [2.24, 2.45) is 5.41 Å². The van der Waals surface area contributed by atoms with Gasteiger partial charge in [-0.1, -0.05) is 25.2 Å². The molecule has 3 rings (SSSR count). The van der Waals surface area contributed by atoms with Gasteiger partial charge in [-0.15, -0.1) is 0 Å². The third kappa shape index (κ3) is 3.10. The zero-order valence-electron chi connectivity index (χ0n) is 13.8. The van der Waals surface area contributed by atoms with Crippen LogP contribution >= 0.6 is 11.3 Å². The van der Waals surface area contributed by atoms with Crippen molar-refractivity contribution >= 4 is 16.5 Å². The van der Waals surface area contributed by atoms with Crippen LogP contribution in [0.5, 0.6) is 0 Å². The first kappa shape index (κ1) is 15.3. The van der Waals surface area contributed by atoms with Crippen LogP contribution in [0, 0.1) is 5.41 Å². The summed E-state index contributed by atoms with van der Waals surface area (Å²) in [6, 6.07) is 0.450. The zero-order chi connectivity index (χ0) is 15.2. The van der Waals surface area contributed by atoms with Crippen LogP contribution in [0.15, 0.2) is 0 Å². The Kier molecular flexibility index (Phi) is 4.01. The molecule has 118 valence electrons. The van der Waals surface area contributed by atoms with Crippen LogP contribution in [-0.2, 0) is 11.2 Å². The molecule has 0 saturated carbocycles. The van der Waals surface area contributed by atoms with Crippen LogP contribution in [0.25, 0.3) is 0 Å². The number of anilines is 1. The van der Waals surface area contributed by atoms with Crippen LogP contribution < -0.4 is 10.2 Å². The Hall–Kier alpha value is -0.650. The number of hydrogen-bond acceptors (Lipinski definition) is 5. The molecule has 3 unspecified atom stereocenters. The molecule has 4 nitrogen and oxygen atoms in total. The lowest BCUT2D eigenvalue weighted by Gasteiger charge is -2.35. The lowest BCUT2D eigenvalue weighted by Crippen LogP contribution is -2.45. The molecule has 2 aliphatic rings. The van der Waals surface area contributed by atoms with Crippen molar-refractivity contribution in [1.29, 1.82) is 0 Å². The van der Waals surface area contributed by atoms with Crippen LogP contribution in [0.1, 0.15) is 50.7 Å². The molecule has 0 bridgehead atoms. The van der Waals surface area contributed by atoms with Crippen molar-refractivity contribution in [2.45, 2.75) is 58.8 Å². The number of fused-ring (bicyclic) bond motifs is 1. The van der Waals surface area contributed by atoms with Gasteiger partial charge in [-0.25, -0.2) is 4.98 Å². The topological polar surface area (TPSA) is 37.4 Å². The third-order valence-electron chi connectivity index (χ3n) is 4.47. The fraction of sp³-hybridized carbons (Fsp3) is 0.812. The molecule has 1 N–H and O–H groups in total. The second-order valence-electron chi connectivity index (χ2n) is 7.36. The maximum absolute atomic E-state index is 5.84. The van der Waals surface area contributed by atoms with Gasteiger partial charge in [0.1, 0.15) is 0 Å². The molecular formula is C16H27N3OS. The number of morpholine rings is 1. The fourth-order valence-corrected chi connectivity index (χ4v) is 4.83. The standard InChI is InChI=1S/C16H27N3OS/c1-10-8-19(9-11(2)20-10)15-18-13-7-16(3,4)6-12(17-5)14(13)21-15/h10-12,17H,6-9H2,1-5H3. The fourth-order valence-electron chi connectivity index (χ4n) is 3.62. The van der Waals surface area contributed by atoms with E-state index in [-0.39, 0.29) is 12.2 Å². The van der Waals surface area contributed by atoms with Gasteiger partial charge in [0.2, 0.25) is 0 Å². The molecule has 2 heterocycles. The average molecular weight is 309 g/mol. The largest absolute Gasteiger partial charge is 0.372 e. The first-order valence-corrected chi connectivity index (χ1v) is 8.77. The summed E-state index contributed by atoms with van der Waals surface area (Å²) in [5.74, 6) is 0. The van der Waals surface area contributed by atoms with E-state index in [0.29, 0.717) is 11.5 Å². The predicted octanol–water partition coefficient (Wildman–Crippen LogP) is 2.99. The minimum absolute atomic E-state index is 0.284. The molecule has 0 spiro atoms. The van der Waals surface area contributed by atoms with E-state index in [4.69, 9.17) is 9.72 Å². The van der Waals surface area contributed by atoms with Gasteiger partial charge in [0, 0.05) is 24.0 Å². The van der Waals surface area contributed by atoms with Gasteiger partial charge in [0.25, 0.3) is 0 Å². The van der Waals surface area contributed by atoms with Gasteiger partial charge in [-0.2, -0.15) is 0 Å². The molecule has 21 heavy (non-hydrogen) atoms. The van der Waals surface area contributed by atoms with Gasteiger partial charge < -0.3 is 15.0 Å². The molecule has 0 radical (unpaired) electrons. The molecule has 5 heteroatoms. The smallest absolute Gasteiger partial charge is 0.186 e. The van der Waals surface area contributed by atoms with E-state index in [1.807, 2.05) is 11.3 Å². The summed E-state index contributed by atoms with van der Waals surface area (Å²) in [6.45, 7) is 10.9. The first-order chi connectivity index (χ1) is 9.88. The quantitative estimate of drug-likeness (QED) is 0.911. The highest BCUT2D eigenvalue weighted by atomic mass is 32.1. The molecular weight excluding hydrogens is 282 g/mol. The zero-order valence-corrected chi connectivity index (χ0v) is 14.6. The normalized spacial score (nSPS) is 32.0.